The van der Waals surface area contributed by atoms with Crippen molar-refractivity contribution in [2.24, 2.45) is 0 Å². The molecule has 0 N–H and O–H groups in total. The van der Waals surface area contributed by atoms with Gasteiger partial charge in [-0.05, 0) is 55.7 Å². The monoisotopic (exact) mass is 536 g/mol. The molecule has 6 aromatic rings. The third-order valence-electron chi connectivity index (χ3n) is 8.36. The van der Waals surface area contributed by atoms with Gasteiger partial charge in [0.05, 0.1) is 0 Å². The molecule has 0 aliphatic heterocycles. The Morgan fingerprint density at radius 2 is 0.476 bits per heavy atom. The molecule has 0 amide bonds. The Balaban J connectivity index is 1.71. The fourth-order valence-electron chi connectivity index (χ4n) is 6.65. The van der Waals surface area contributed by atoms with Gasteiger partial charge in [-0.2, -0.15) is 0 Å². The fourth-order valence-corrected chi connectivity index (χ4v) is 6.65. The third-order valence-corrected chi connectivity index (χ3v) is 8.36. The van der Waals surface area contributed by atoms with Crippen molar-refractivity contribution in [3.05, 3.63) is 215 Å². The molecule has 6 aromatic carbocycles. The van der Waals surface area contributed by atoms with Gasteiger partial charge in [-0.15, -0.1) is 0 Å². The zero-order chi connectivity index (χ0) is 28.1. The summed E-state index contributed by atoms with van der Waals surface area (Å²) in [5.74, 6) is 0.183. The summed E-state index contributed by atoms with van der Waals surface area (Å²) in [7, 11) is 0. The van der Waals surface area contributed by atoms with Crippen LogP contribution in [-0.2, 0) is 0 Å². The molecule has 2 atom stereocenters. The minimum absolute atomic E-state index is 0.0916. The molecule has 200 valence electrons. The molecular formula is C42H32. The molecule has 42 heavy (non-hydrogen) atoms. The molecule has 0 heterocycles. The van der Waals surface area contributed by atoms with E-state index in [1.807, 2.05) is 0 Å². The van der Waals surface area contributed by atoms with Gasteiger partial charge in [0.1, 0.15) is 0 Å². The number of hydrogen-bond acceptors (Lipinski definition) is 0. The third kappa shape index (κ3) is 4.82. The average molecular weight is 537 g/mol. The first kappa shape index (κ1) is 25.7. The summed E-state index contributed by atoms with van der Waals surface area (Å²) in [6.07, 6.45) is 0. The van der Waals surface area contributed by atoms with Gasteiger partial charge in [0, 0.05) is 11.8 Å². The SMILES string of the molecule is c1ccc(C2=C(c3ccccc3)[C@@H](c3ccccc3)[C@H](c3ccccc3)C(c3ccccc3)=C2c2ccccc2)cc1. The van der Waals surface area contributed by atoms with Crippen molar-refractivity contribution >= 4 is 22.3 Å². The second-order valence-electron chi connectivity index (χ2n) is 10.8. The zero-order valence-electron chi connectivity index (χ0n) is 23.5. The standard InChI is InChI=1S/C42H32/c1-7-19-31(20-8-1)37-38(32-21-9-2-10-22-32)40(34-25-13-4-14-26-34)42(36-29-17-6-18-30-36)41(35-27-15-5-16-28-35)39(37)33-23-11-3-12-24-33/h1-30,37-38H/t37-,38-/m0/s1. The smallest absolute Gasteiger partial charge is 0.0211 e. The summed E-state index contributed by atoms with van der Waals surface area (Å²) >= 11 is 0. The molecule has 0 radical (unpaired) electrons. The van der Waals surface area contributed by atoms with Crippen LogP contribution in [0, 0.1) is 0 Å². The van der Waals surface area contributed by atoms with Crippen LogP contribution in [0.3, 0.4) is 0 Å². The van der Waals surface area contributed by atoms with E-state index in [-0.39, 0.29) is 11.8 Å². The second kappa shape index (κ2) is 11.7. The van der Waals surface area contributed by atoms with E-state index in [2.05, 4.69) is 182 Å². The van der Waals surface area contributed by atoms with E-state index in [1.165, 1.54) is 55.7 Å². The van der Waals surface area contributed by atoms with Crippen molar-refractivity contribution in [1.82, 2.24) is 0 Å². The number of allylic oxidation sites excluding steroid dienone is 4. The van der Waals surface area contributed by atoms with Gasteiger partial charge in [0.2, 0.25) is 0 Å². The first-order valence-electron chi connectivity index (χ1n) is 14.7. The lowest BCUT2D eigenvalue weighted by Crippen LogP contribution is -2.22. The first-order valence-corrected chi connectivity index (χ1v) is 14.7. The number of rotatable bonds is 6. The van der Waals surface area contributed by atoms with Crippen LogP contribution in [0.15, 0.2) is 182 Å². The van der Waals surface area contributed by atoms with Crippen LogP contribution in [0.2, 0.25) is 0 Å². The number of benzene rings is 6. The van der Waals surface area contributed by atoms with Gasteiger partial charge < -0.3 is 0 Å². The Hall–Kier alpha value is -5.20. The van der Waals surface area contributed by atoms with Crippen molar-refractivity contribution in [1.29, 1.82) is 0 Å². The van der Waals surface area contributed by atoms with Gasteiger partial charge in [0.15, 0.2) is 0 Å². The minimum Gasteiger partial charge on any atom is -0.0622 e. The summed E-state index contributed by atoms with van der Waals surface area (Å²) in [5, 5.41) is 0. The molecule has 0 saturated carbocycles. The van der Waals surface area contributed by atoms with Crippen LogP contribution in [0.25, 0.3) is 22.3 Å². The van der Waals surface area contributed by atoms with E-state index in [4.69, 9.17) is 0 Å². The largest absolute Gasteiger partial charge is 0.0622 e. The lowest BCUT2D eigenvalue weighted by molar-refractivity contribution is 0.766. The Morgan fingerprint density at radius 1 is 0.238 bits per heavy atom. The molecule has 0 aromatic heterocycles. The quantitative estimate of drug-likeness (QED) is 0.199. The van der Waals surface area contributed by atoms with Crippen LogP contribution >= 0.6 is 0 Å². The minimum atomic E-state index is 0.0916. The molecule has 0 saturated heterocycles. The maximum absolute atomic E-state index is 2.31. The molecule has 0 spiro atoms. The fraction of sp³-hybridized carbons (Fsp3) is 0.0476. The number of hydrogen-bond donors (Lipinski definition) is 0. The van der Waals surface area contributed by atoms with Crippen LogP contribution in [0.5, 0.6) is 0 Å². The van der Waals surface area contributed by atoms with Gasteiger partial charge in [-0.1, -0.05) is 182 Å². The zero-order valence-corrected chi connectivity index (χ0v) is 23.5. The maximum atomic E-state index is 2.31. The Bertz CT molecular complexity index is 1680. The highest BCUT2D eigenvalue weighted by atomic mass is 14.4. The summed E-state index contributed by atoms with van der Waals surface area (Å²) in [6, 6.07) is 66.2. The van der Waals surface area contributed by atoms with E-state index in [9.17, 15) is 0 Å². The van der Waals surface area contributed by atoms with E-state index in [0.29, 0.717) is 0 Å². The van der Waals surface area contributed by atoms with Crippen molar-refractivity contribution in [2.75, 3.05) is 0 Å². The van der Waals surface area contributed by atoms with E-state index in [1.54, 1.807) is 0 Å². The van der Waals surface area contributed by atoms with Gasteiger partial charge >= 0.3 is 0 Å². The lowest BCUT2D eigenvalue weighted by atomic mass is 9.62. The van der Waals surface area contributed by atoms with Crippen LogP contribution in [0.1, 0.15) is 45.2 Å². The van der Waals surface area contributed by atoms with Crippen LogP contribution in [0.4, 0.5) is 0 Å². The summed E-state index contributed by atoms with van der Waals surface area (Å²) in [5.41, 5.74) is 12.9. The molecule has 1 aliphatic carbocycles. The molecule has 1 aliphatic rings. The summed E-state index contributed by atoms with van der Waals surface area (Å²) in [4.78, 5) is 0. The Labute approximate surface area is 249 Å². The van der Waals surface area contributed by atoms with E-state index in [0.717, 1.165) is 0 Å². The lowest BCUT2D eigenvalue weighted by Gasteiger charge is -2.41. The van der Waals surface area contributed by atoms with Crippen LogP contribution in [-0.4, -0.2) is 0 Å². The van der Waals surface area contributed by atoms with Crippen molar-refractivity contribution < 1.29 is 0 Å². The molecule has 0 fully saturated rings. The predicted octanol–water partition coefficient (Wildman–Crippen LogP) is 10.8. The molecule has 0 bridgehead atoms. The normalized spacial score (nSPS) is 16.9. The first-order chi connectivity index (χ1) is 20.9. The van der Waals surface area contributed by atoms with Crippen molar-refractivity contribution in [3.63, 3.8) is 0 Å². The second-order valence-corrected chi connectivity index (χ2v) is 10.8. The predicted molar refractivity (Wildman–Crippen MR) is 178 cm³/mol. The molecule has 0 heteroatoms. The molecule has 0 unspecified atom stereocenters. The topological polar surface area (TPSA) is 0 Å². The average Bonchev–Trinajstić information content (AvgIpc) is 3.09. The van der Waals surface area contributed by atoms with Gasteiger partial charge in [-0.3, -0.25) is 0 Å². The Kier molecular flexibility index (Phi) is 7.19. The van der Waals surface area contributed by atoms with Crippen molar-refractivity contribution in [2.45, 2.75) is 11.8 Å². The highest BCUT2D eigenvalue weighted by molar-refractivity contribution is 6.25. The highest BCUT2D eigenvalue weighted by Crippen LogP contribution is 2.60. The summed E-state index contributed by atoms with van der Waals surface area (Å²) < 4.78 is 0. The van der Waals surface area contributed by atoms with E-state index < -0.39 is 0 Å². The Morgan fingerprint density at radius 3 is 0.762 bits per heavy atom. The molecule has 7 rings (SSSR count). The van der Waals surface area contributed by atoms with Gasteiger partial charge in [0.25, 0.3) is 0 Å². The van der Waals surface area contributed by atoms with Gasteiger partial charge in [-0.25, -0.2) is 0 Å². The highest BCUT2D eigenvalue weighted by Gasteiger charge is 2.40. The maximum Gasteiger partial charge on any atom is 0.0211 e. The molecule has 0 nitrogen and oxygen atoms in total. The van der Waals surface area contributed by atoms with Crippen LogP contribution < -0.4 is 0 Å². The summed E-state index contributed by atoms with van der Waals surface area (Å²) in [6.45, 7) is 0. The van der Waals surface area contributed by atoms with E-state index >= 15 is 0 Å². The molecular weight excluding hydrogens is 504 g/mol. The van der Waals surface area contributed by atoms with Crippen molar-refractivity contribution in [3.8, 4) is 0 Å².